The Morgan fingerprint density at radius 1 is 1.33 bits per heavy atom. The van der Waals surface area contributed by atoms with Gasteiger partial charge in [-0.05, 0) is 25.4 Å². The molecule has 9 heteroatoms. The Hall–Kier alpha value is -0.850. The lowest BCUT2D eigenvalue weighted by atomic mass is 10.5. The first kappa shape index (κ1) is 15.2. The summed E-state index contributed by atoms with van der Waals surface area (Å²) in [7, 11) is 0. The zero-order valence-corrected chi connectivity index (χ0v) is 12.1. The first-order valence-electron chi connectivity index (χ1n) is 5.24. The third kappa shape index (κ3) is 3.83. The predicted molar refractivity (Wildman–Crippen MR) is 72.5 cm³/mol. The van der Waals surface area contributed by atoms with Crippen LogP contribution < -0.4 is 10.2 Å². The number of anilines is 2. The number of halogens is 3. The van der Waals surface area contributed by atoms with Crippen molar-refractivity contribution < 1.29 is 4.79 Å². The molecule has 1 amide bonds. The summed E-state index contributed by atoms with van der Waals surface area (Å²) in [5.74, 6) is -0.102. The molecule has 0 radical (unpaired) electrons. The van der Waals surface area contributed by atoms with Crippen LogP contribution in [0.25, 0.3) is 0 Å². The number of nitrogens with zero attached hydrogens (tertiary/aromatic N) is 4. The topological polar surface area (TPSA) is 71.0 Å². The van der Waals surface area contributed by atoms with Gasteiger partial charge in [0, 0.05) is 13.1 Å². The predicted octanol–water partition coefficient (Wildman–Crippen LogP) is 2.11. The van der Waals surface area contributed by atoms with Crippen LogP contribution in [0.15, 0.2) is 0 Å². The van der Waals surface area contributed by atoms with Crippen molar-refractivity contribution in [3.05, 3.63) is 5.28 Å². The average molecular weight is 313 g/mol. The first-order valence-corrected chi connectivity index (χ1v) is 6.49. The van der Waals surface area contributed by atoms with Crippen molar-refractivity contribution in [1.29, 1.82) is 0 Å². The Labute approximate surface area is 120 Å². The van der Waals surface area contributed by atoms with Gasteiger partial charge in [-0.1, -0.05) is 23.2 Å². The second-order valence-electron chi connectivity index (χ2n) is 3.14. The molecule has 1 N–H and O–H groups in total. The second kappa shape index (κ2) is 6.92. The molecular weight excluding hydrogens is 300 g/mol. The molecule has 1 heterocycles. The van der Waals surface area contributed by atoms with Crippen LogP contribution in [-0.4, -0.2) is 38.8 Å². The summed E-state index contributed by atoms with van der Waals surface area (Å²) in [6.45, 7) is 4.57. The smallest absolute Gasteiger partial charge is 0.262 e. The molecule has 18 heavy (non-hydrogen) atoms. The van der Waals surface area contributed by atoms with Crippen molar-refractivity contribution in [2.45, 2.75) is 18.7 Å². The van der Waals surface area contributed by atoms with E-state index >= 15 is 0 Å². The van der Waals surface area contributed by atoms with Crippen molar-refractivity contribution in [2.75, 3.05) is 23.3 Å². The van der Waals surface area contributed by atoms with Crippen molar-refractivity contribution in [3.8, 4) is 0 Å². The van der Waals surface area contributed by atoms with Gasteiger partial charge in [0.2, 0.25) is 17.2 Å². The summed E-state index contributed by atoms with van der Waals surface area (Å²) < 4.78 is 0. The fourth-order valence-corrected chi connectivity index (χ4v) is 1.60. The van der Waals surface area contributed by atoms with Crippen LogP contribution in [-0.2, 0) is 4.79 Å². The van der Waals surface area contributed by atoms with Gasteiger partial charge in [-0.15, -0.1) is 0 Å². The van der Waals surface area contributed by atoms with Crippen LogP contribution in [0.2, 0.25) is 5.28 Å². The lowest BCUT2D eigenvalue weighted by Gasteiger charge is -2.19. The number of carbonyl (C=O) groups excluding carboxylic acids is 1. The van der Waals surface area contributed by atoms with E-state index in [-0.39, 0.29) is 11.2 Å². The molecule has 0 aliphatic heterocycles. The van der Waals surface area contributed by atoms with Crippen LogP contribution in [0.4, 0.5) is 11.9 Å². The zero-order chi connectivity index (χ0) is 13.7. The number of hydrogen-bond donors (Lipinski definition) is 1. The molecule has 0 bridgehead atoms. The maximum absolute atomic E-state index is 11.8. The number of carbonyl (C=O) groups is 1. The number of alkyl halides is 2. The summed E-state index contributed by atoms with van der Waals surface area (Å²) in [4.78, 5) is 23.6. The van der Waals surface area contributed by atoms with Crippen molar-refractivity contribution in [1.82, 2.24) is 15.0 Å². The van der Waals surface area contributed by atoms with E-state index in [1.165, 1.54) is 4.90 Å². The molecule has 1 aromatic rings. The van der Waals surface area contributed by atoms with Crippen LogP contribution >= 0.6 is 34.8 Å². The van der Waals surface area contributed by atoms with Crippen molar-refractivity contribution >= 4 is 52.6 Å². The van der Waals surface area contributed by atoms with E-state index in [4.69, 9.17) is 34.8 Å². The Bertz CT molecular complexity index is 429. The maximum Gasteiger partial charge on any atom is 0.262 e. The number of hydrogen-bond acceptors (Lipinski definition) is 5. The SMILES string of the molecule is CCNc1nc(Cl)nc(N(CC)C(=O)C(Cl)Cl)n1. The van der Waals surface area contributed by atoms with Gasteiger partial charge in [0.05, 0.1) is 0 Å². The highest BCUT2D eigenvalue weighted by Crippen LogP contribution is 2.17. The molecule has 0 fully saturated rings. The van der Waals surface area contributed by atoms with Crippen molar-refractivity contribution in [3.63, 3.8) is 0 Å². The van der Waals surface area contributed by atoms with E-state index < -0.39 is 10.7 Å². The van der Waals surface area contributed by atoms with Crippen LogP contribution in [0.3, 0.4) is 0 Å². The minimum absolute atomic E-state index is 0.0112. The average Bonchev–Trinajstić information content (AvgIpc) is 2.29. The van der Waals surface area contributed by atoms with E-state index in [2.05, 4.69) is 20.3 Å². The minimum atomic E-state index is -1.18. The van der Waals surface area contributed by atoms with Gasteiger partial charge in [0.25, 0.3) is 5.91 Å². The largest absolute Gasteiger partial charge is 0.354 e. The number of nitrogens with one attached hydrogen (secondary N) is 1. The molecule has 1 rings (SSSR count). The maximum atomic E-state index is 11.8. The number of amides is 1. The quantitative estimate of drug-likeness (QED) is 0.843. The molecule has 0 aliphatic rings. The Balaban J connectivity index is 3.09. The van der Waals surface area contributed by atoms with Gasteiger partial charge in [0.1, 0.15) is 0 Å². The van der Waals surface area contributed by atoms with Gasteiger partial charge in [-0.25, -0.2) is 0 Å². The highest BCUT2D eigenvalue weighted by Gasteiger charge is 2.23. The molecule has 0 unspecified atom stereocenters. The minimum Gasteiger partial charge on any atom is -0.354 e. The summed E-state index contributed by atoms with van der Waals surface area (Å²) in [6.07, 6.45) is 0. The molecule has 0 aromatic carbocycles. The van der Waals surface area contributed by atoms with E-state index in [9.17, 15) is 4.79 Å². The normalized spacial score (nSPS) is 10.6. The Kier molecular flexibility index (Phi) is 5.84. The molecule has 1 aromatic heterocycles. The van der Waals surface area contributed by atoms with Crippen molar-refractivity contribution in [2.24, 2.45) is 0 Å². The summed E-state index contributed by atoms with van der Waals surface area (Å²) in [5, 5.41) is 2.87. The fraction of sp³-hybridized carbons (Fsp3) is 0.556. The van der Waals surface area contributed by atoms with E-state index in [0.717, 1.165) is 0 Å². The van der Waals surface area contributed by atoms with E-state index in [1.54, 1.807) is 6.92 Å². The Morgan fingerprint density at radius 3 is 2.50 bits per heavy atom. The van der Waals surface area contributed by atoms with Crippen LogP contribution in [0.5, 0.6) is 0 Å². The summed E-state index contributed by atoms with van der Waals surface area (Å²) in [6, 6.07) is 0. The lowest BCUT2D eigenvalue weighted by molar-refractivity contribution is -0.117. The highest BCUT2D eigenvalue weighted by molar-refractivity contribution is 6.54. The second-order valence-corrected chi connectivity index (χ2v) is 4.58. The molecule has 0 saturated carbocycles. The molecule has 0 spiro atoms. The standard InChI is InChI=1S/C9H12Cl3N5O/c1-3-13-8-14-7(12)15-9(16-8)17(4-2)6(18)5(10)11/h5H,3-4H2,1-2H3,(H,13,14,15,16). The molecule has 100 valence electrons. The highest BCUT2D eigenvalue weighted by atomic mass is 35.5. The molecule has 0 atom stereocenters. The van der Waals surface area contributed by atoms with Gasteiger partial charge in [-0.3, -0.25) is 9.69 Å². The molecule has 6 nitrogen and oxygen atoms in total. The molecule has 0 aliphatic carbocycles. The van der Waals surface area contributed by atoms with E-state index in [0.29, 0.717) is 19.0 Å². The van der Waals surface area contributed by atoms with Crippen LogP contribution in [0, 0.1) is 0 Å². The molecule has 0 saturated heterocycles. The number of rotatable bonds is 5. The zero-order valence-electron chi connectivity index (χ0n) is 9.82. The monoisotopic (exact) mass is 311 g/mol. The third-order valence-corrected chi connectivity index (χ3v) is 2.48. The third-order valence-electron chi connectivity index (χ3n) is 1.94. The fourth-order valence-electron chi connectivity index (χ4n) is 1.21. The first-order chi connectivity index (χ1) is 8.49. The Morgan fingerprint density at radius 2 is 2.00 bits per heavy atom. The van der Waals surface area contributed by atoms with Gasteiger partial charge >= 0.3 is 0 Å². The summed E-state index contributed by atoms with van der Waals surface area (Å²) >= 11 is 16.9. The number of aromatic nitrogens is 3. The van der Waals surface area contributed by atoms with Crippen LogP contribution in [0.1, 0.15) is 13.8 Å². The lowest BCUT2D eigenvalue weighted by Crippen LogP contribution is -2.36. The molecular formula is C9H12Cl3N5O. The van der Waals surface area contributed by atoms with Gasteiger partial charge in [-0.2, -0.15) is 15.0 Å². The van der Waals surface area contributed by atoms with E-state index in [1.807, 2.05) is 6.92 Å². The van der Waals surface area contributed by atoms with Gasteiger partial charge in [0.15, 0.2) is 4.84 Å². The van der Waals surface area contributed by atoms with Gasteiger partial charge < -0.3 is 5.32 Å². The summed E-state index contributed by atoms with van der Waals surface area (Å²) in [5.41, 5.74) is 0.